The number of cyclic esters (lactones) is 1. The third kappa shape index (κ3) is 1.95. The van der Waals surface area contributed by atoms with Crippen molar-refractivity contribution in [2.45, 2.75) is 19.4 Å². The minimum Gasteiger partial charge on any atom is -0.463 e. The van der Waals surface area contributed by atoms with Crippen LogP contribution in [0.3, 0.4) is 0 Å². The number of ether oxygens (including phenoxy) is 2. The molecule has 17 heavy (non-hydrogen) atoms. The second kappa shape index (κ2) is 4.08. The van der Waals surface area contributed by atoms with E-state index < -0.39 is 18.0 Å². The Labute approximate surface area is 97.5 Å². The lowest BCUT2D eigenvalue weighted by molar-refractivity contribution is -0.145. The first kappa shape index (κ1) is 11.4. The number of hydrogen-bond donors (Lipinski definition) is 1. The van der Waals surface area contributed by atoms with Crippen LogP contribution in [0.5, 0.6) is 0 Å². The average molecular weight is 239 g/mol. The van der Waals surface area contributed by atoms with Gasteiger partial charge in [0.1, 0.15) is 0 Å². The maximum absolute atomic E-state index is 11.8. The van der Waals surface area contributed by atoms with Crippen molar-refractivity contribution >= 4 is 17.6 Å². The van der Waals surface area contributed by atoms with Gasteiger partial charge in [0, 0.05) is 13.5 Å². The zero-order valence-corrected chi connectivity index (χ0v) is 9.60. The van der Waals surface area contributed by atoms with Gasteiger partial charge in [-0.15, -0.1) is 0 Å². The third-order valence-electron chi connectivity index (χ3n) is 2.60. The number of nitrogen functional groups attached to an aromatic ring is 1. The molecule has 0 aliphatic carbocycles. The molecule has 2 N–H and O–H groups in total. The Morgan fingerprint density at radius 3 is 2.82 bits per heavy atom. The Balaban J connectivity index is 2.17. The van der Waals surface area contributed by atoms with Crippen molar-refractivity contribution in [3.8, 4) is 0 Å². The van der Waals surface area contributed by atoms with E-state index in [4.69, 9.17) is 15.2 Å². The van der Waals surface area contributed by atoms with E-state index in [1.807, 2.05) is 0 Å². The minimum absolute atomic E-state index is 0.155. The van der Waals surface area contributed by atoms with Gasteiger partial charge in [-0.25, -0.2) is 9.59 Å². The van der Waals surface area contributed by atoms with Crippen LogP contribution in [0, 0.1) is 6.92 Å². The van der Waals surface area contributed by atoms with Gasteiger partial charge in [0.05, 0.1) is 18.0 Å². The molecule has 0 saturated carbocycles. The molecule has 2 rings (SSSR count). The van der Waals surface area contributed by atoms with E-state index in [9.17, 15) is 9.59 Å². The van der Waals surface area contributed by atoms with Crippen molar-refractivity contribution in [3.63, 3.8) is 0 Å². The first-order valence-electron chi connectivity index (χ1n) is 5.17. The van der Waals surface area contributed by atoms with Crippen LogP contribution in [-0.2, 0) is 21.3 Å². The highest BCUT2D eigenvalue weighted by Gasteiger charge is 2.32. The summed E-state index contributed by atoms with van der Waals surface area (Å²) in [7, 11) is 1.59. The minimum atomic E-state index is -0.836. The summed E-state index contributed by atoms with van der Waals surface area (Å²) in [4.78, 5) is 23.0. The highest BCUT2D eigenvalue weighted by molar-refractivity contribution is 5.95. The summed E-state index contributed by atoms with van der Waals surface area (Å²) in [6.45, 7) is 1.96. The Morgan fingerprint density at radius 1 is 1.65 bits per heavy atom. The molecule has 0 amide bonds. The molecule has 1 saturated heterocycles. The molecular formula is C10H13N3O4. The SMILES string of the molecule is Cc1nn(C)c(C(=O)OC2CCOC2=O)c1N. The highest BCUT2D eigenvalue weighted by atomic mass is 16.6. The normalized spacial score (nSPS) is 19.2. The number of rotatable bonds is 2. The predicted octanol–water partition coefficient (Wildman–Crippen LogP) is -0.217. The second-order valence-corrected chi connectivity index (χ2v) is 3.82. The van der Waals surface area contributed by atoms with Crippen LogP contribution >= 0.6 is 0 Å². The van der Waals surface area contributed by atoms with Crippen molar-refractivity contribution in [2.75, 3.05) is 12.3 Å². The van der Waals surface area contributed by atoms with E-state index in [0.29, 0.717) is 12.1 Å². The molecule has 7 nitrogen and oxygen atoms in total. The Kier molecular flexibility index (Phi) is 2.74. The predicted molar refractivity (Wildman–Crippen MR) is 57.1 cm³/mol. The van der Waals surface area contributed by atoms with Gasteiger partial charge in [-0.2, -0.15) is 5.10 Å². The number of hydrogen-bond acceptors (Lipinski definition) is 6. The van der Waals surface area contributed by atoms with Gasteiger partial charge < -0.3 is 15.2 Å². The maximum Gasteiger partial charge on any atom is 0.359 e. The van der Waals surface area contributed by atoms with Crippen LogP contribution in [0.1, 0.15) is 22.6 Å². The summed E-state index contributed by atoms with van der Waals surface area (Å²) in [5.41, 5.74) is 6.68. The Morgan fingerprint density at radius 2 is 2.35 bits per heavy atom. The zero-order chi connectivity index (χ0) is 12.6. The van der Waals surface area contributed by atoms with Crippen molar-refractivity contribution in [2.24, 2.45) is 7.05 Å². The van der Waals surface area contributed by atoms with Gasteiger partial charge in [-0.3, -0.25) is 4.68 Å². The summed E-state index contributed by atoms with van der Waals surface area (Å²) in [6.07, 6.45) is -0.460. The van der Waals surface area contributed by atoms with E-state index >= 15 is 0 Å². The first-order valence-corrected chi connectivity index (χ1v) is 5.17. The Hall–Kier alpha value is -2.05. The van der Waals surface area contributed by atoms with Crippen LogP contribution in [0.4, 0.5) is 5.69 Å². The molecule has 1 aliphatic rings. The van der Waals surface area contributed by atoms with Crippen LogP contribution in [0.2, 0.25) is 0 Å². The molecule has 2 heterocycles. The maximum atomic E-state index is 11.8. The van der Waals surface area contributed by atoms with Crippen molar-refractivity contribution in [1.82, 2.24) is 9.78 Å². The number of esters is 2. The van der Waals surface area contributed by atoms with Crippen molar-refractivity contribution < 1.29 is 19.1 Å². The van der Waals surface area contributed by atoms with Gasteiger partial charge in [-0.1, -0.05) is 0 Å². The smallest absolute Gasteiger partial charge is 0.359 e. The molecule has 1 aromatic heterocycles. The molecule has 1 atom stereocenters. The largest absolute Gasteiger partial charge is 0.463 e. The summed E-state index contributed by atoms with van der Waals surface area (Å²) < 4.78 is 11.1. The number of nitrogens with two attached hydrogens (primary N) is 1. The number of carbonyl (C=O) groups is 2. The number of carbonyl (C=O) groups excluding carboxylic acids is 2. The fraction of sp³-hybridized carbons (Fsp3) is 0.500. The topological polar surface area (TPSA) is 96.4 Å². The molecule has 0 spiro atoms. The third-order valence-corrected chi connectivity index (χ3v) is 2.60. The fourth-order valence-electron chi connectivity index (χ4n) is 1.69. The second-order valence-electron chi connectivity index (χ2n) is 3.82. The summed E-state index contributed by atoms with van der Waals surface area (Å²) in [5, 5.41) is 4.00. The lowest BCUT2D eigenvalue weighted by Crippen LogP contribution is -2.24. The molecule has 1 unspecified atom stereocenters. The van der Waals surface area contributed by atoms with Gasteiger partial charge in [0.25, 0.3) is 0 Å². The highest BCUT2D eigenvalue weighted by Crippen LogP contribution is 2.19. The zero-order valence-electron chi connectivity index (χ0n) is 9.60. The molecule has 7 heteroatoms. The van der Waals surface area contributed by atoms with Crippen LogP contribution in [0.25, 0.3) is 0 Å². The van der Waals surface area contributed by atoms with Crippen molar-refractivity contribution in [3.05, 3.63) is 11.4 Å². The number of aromatic nitrogens is 2. The van der Waals surface area contributed by atoms with Gasteiger partial charge in [-0.05, 0) is 6.92 Å². The van der Waals surface area contributed by atoms with Gasteiger partial charge in [0.15, 0.2) is 5.69 Å². The van der Waals surface area contributed by atoms with Crippen LogP contribution in [-0.4, -0.2) is 34.4 Å². The van der Waals surface area contributed by atoms with Gasteiger partial charge >= 0.3 is 11.9 Å². The average Bonchev–Trinajstić information content (AvgIpc) is 2.74. The quantitative estimate of drug-likeness (QED) is 0.717. The molecule has 1 aromatic rings. The monoisotopic (exact) mass is 239 g/mol. The fourth-order valence-corrected chi connectivity index (χ4v) is 1.69. The van der Waals surface area contributed by atoms with E-state index in [-0.39, 0.29) is 18.0 Å². The first-order chi connectivity index (χ1) is 8.00. The van der Waals surface area contributed by atoms with E-state index in [1.54, 1.807) is 14.0 Å². The lowest BCUT2D eigenvalue weighted by atomic mass is 10.3. The lowest BCUT2D eigenvalue weighted by Gasteiger charge is -2.08. The number of nitrogens with zero attached hydrogens (tertiary/aromatic N) is 2. The molecule has 1 fully saturated rings. The number of aryl methyl sites for hydroxylation is 2. The summed E-state index contributed by atoms with van der Waals surface area (Å²) in [5.74, 6) is -1.18. The van der Waals surface area contributed by atoms with Crippen LogP contribution < -0.4 is 5.73 Å². The molecular weight excluding hydrogens is 226 g/mol. The van der Waals surface area contributed by atoms with E-state index in [0.717, 1.165) is 0 Å². The standard InChI is InChI=1S/C10H13N3O4/c1-5-7(11)8(13(2)12-5)10(15)17-6-3-4-16-9(6)14/h6H,3-4,11H2,1-2H3. The van der Waals surface area contributed by atoms with Gasteiger partial charge in [0.2, 0.25) is 6.10 Å². The van der Waals surface area contributed by atoms with E-state index in [1.165, 1.54) is 4.68 Å². The molecule has 92 valence electrons. The van der Waals surface area contributed by atoms with Crippen LogP contribution in [0.15, 0.2) is 0 Å². The summed E-state index contributed by atoms with van der Waals surface area (Å²) >= 11 is 0. The summed E-state index contributed by atoms with van der Waals surface area (Å²) in [6, 6.07) is 0. The van der Waals surface area contributed by atoms with E-state index in [2.05, 4.69) is 5.10 Å². The molecule has 1 aliphatic heterocycles. The number of anilines is 1. The van der Waals surface area contributed by atoms with Crippen molar-refractivity contribution in [1.29, 1.82) is 0 Å². The molecule has 0 radical (unpaired) electrons. The molecule has 0 bridgehead atoms. The molecule has 0 aromatic carbocycles. The Bertz CT molecular complexity index is 480.